The number of benzene rings is 2. The molecule has 3 rings (SSSR count). The van der Waals surface area contributed by atoms with Crippen molar-refractivity contribution in [1.29, 1.82) is 0 Å². The van der Waals surface area contributed by atoms with Gasteiger partial charge in [0.15, 0.2) is 5.11 Å². The molecule has 132 valence electrons. The molecule has 2 aromatic carbocycles. The third-order valence-corrected chi connectivity index (χ3v) is 4.51. The van der Waals surface area contributed by atoms with E-state index in [0.29, 0.717) is 0 Å². The summed E-state index contributed by atoms with van der Waals surface area (Å²) < 4.78 is 14.2. The minimum atomic E-state index is -0.650. The van der Waals surface area contributed by atoms with Gasteiger partial charge in [0.1, 0.15) is 11.4 Å². The summed E-state index contributed by atoms with van der Waals surface area (Å²) in [6.07, 6.45) is 1.54. The zero-order valence-electron chi connectivity index (χ0n) is 14.6. The fourth-order valence-corrected chi connectivity index (χ4v) is 3.35. The second-order valence-electron chi connectivity index (χ2n) is 6.22. The SMILES string of the molecule is Cc1cc(C)c(/C=C2\C(=O)NC(=S)N(c3ccccc3F)C2=O)c(C)c1. The lowest BCUT2D eigenvalue weighted by Crippen LogP contribution is -2.54. The van der Waals surface area contributed by atoms with Crippen LogP contribution < -0.4 is 10.2 Å². The lowest BCUT2D eigenvalue weighted by Gasteiger charge is -2.29. The maximum atomic E-state index is 14.2. The smallest absolute Gasteiger partial charge is 0.270 e. The summed E-state index contributed by atoms with van der Waals surface area (Å²) in [7, 11) is 0. The van der Waals surface area contributed by atoms with Crippen molar-refractivity contribution in [2.45, 2.75) is 20.8 Å². The van der Waals surface area contributed by atoms with E-state index in [4.69, 9.17) is 12.2 Å². The van der Waals surface area contributed by atoms with E-state index in [1.54, 1.807) is 6.07 Å². The van der Waals surface area contributed by atoms with Crippen LogP contribution in [0.25, 0.3) is 6.08 Å². The van der Waals surface area contributed by atoms with E-state index in [1.807, 2.05) is 32.9 Å². The Bertz CT molecular complexity index is 959. The summed E-state index contributed by atoms with van der Waals surface area (Å²) in [4.78, 5) is 26.3. The number of rotatable bonds is 2. The number of halogens is 1. The van der Waals surface area contributed by atoms with E-state index in [9.17, 15) is 14.0 Å². The lowest BCUT2D eigenvalue weighted by molar-refractivity contribution is -0.122. The molecule has 1 N–H and O–H groups in total. The molecule has 6 heteroatoms. The van der Waals surface area contributed by atoms with E-state index >= 15 is 0 Å². The molecule has 1 saturated heterocycles. The van der Waals surface area contributed by atoms with Gasteiger partial charge in [-0.05, 0) is 67.9 Å². The van der Waals surface area contributed by atoms with Crippen LogP contribution in [0.15, 0.2) is 42.0 Å². The Morgan fingerprint density at radius 1 is 1.08 bits per heavy atom. The molecule has 2 aromatic rings. The Balaban J connectivity index is 2.11. The van der Waals surface area contributed by atoms with Gasteiger partial charge in [0, 0.05) is 0 Å². The van der Waals surface area contributed by atoms with E-state index in [-0.39, 0.29) is 16.4 Å². The van der Waals surface area contributed by atoms with Crippen LogP contribution in [0.1, 0.15) is 22.3 Å². The maximum Gasteiger partial charge on any atom is 0.270 e. The normalized spacial score (nSPS) is 16.2. The van der Waals surface area contributed by atoms with Gasteiger partial charge in [-0.3, -0.25) is 14.9 Å². The first kappa shape index (κ1) is 17.9. The molecule has 0 aliphatic carbocycles. The summed E-state index contributed by atoms with van der Waals surface area (Å²) in [5.41, 5.74) is 3.69. The van der Waals surface area contributed by atoms with E-state index in [1.165, 1.54) is 24.3 Å². The molecule has 1 aliphatic heterocycles. The zero-order chi connectivity index (χ0) is 19.0. The number of nitrogens with zero attached hydrogens (tertiary/aromatic N) is 1. The van der Waals surface area contributed by atoms with Crippen molar-refractivity contribution in [1.82, 2.24) is 5.32 Å². The van der Waals surface area contributed by atoms with Gasteiger partial charge < -0.3 is 0 Å². The van der Waals surface area contributed by atoms with Crippen molar-refractivity contribution in [2.24, 2.45) is 0 Å². The molecular formula is C20H17FN2O2S. The second-order valence-corrected chi connectivity index (χ2v) is 6.61. The summed E-state index contributed by atoms with van der Waals surface area (Å²) >= 11 is 5.09. The number of aryl methyl sites for hydroxylation is 3. The first-order valence-electron chi connectivity index (χ1n) is 8.03. The van der Waals surface area contributed by atoms with Gasteiger partial charge in [-0.2, -0.15) is 0 Å². The maximum absolute atomic E-state index is 14.2. The van der Waals surface area contributed by atoms with Gasteiger partial charge >= 0.3 is 0 Å². The molecule has 1 aliphatic rings. The van der Waals surface area contributed by atoms with Crippen molar-refractivity contribution in [3.63, 3.8) is 0 Å². The average Bonchev–Trinajstić information content (AvgIpc) is 2.54. The molecule has 26 heavy (non-hydrogen) atoms. The van der Waals surface area contributed by atoms with Crippen LogP contribution in [0.3, 0.4) is 0 Å². The van der Waals surface area contributed by atoms with Crippen LogP contribution in [-0.4, -0.2) is 16.9 Å². The predicted molar refractivity (Wildman–Crippen MR) is 103 cm³/mol. The molecule has 1 heterocycles. The predicted octanol–water partition coefficient (Wildman–Crippen LogP) is 3.58. The van der Waals surface area contributed by atoms with Crippen LogP contribution in [-0.2, 0) is 9.59 Å². The monoisotopic (exact) mass is 368 g/mol. The molecule has 0 spiro atoms. The summed E-state index contributed by atoms with van der Waals surface area (Å²) in [6.45, 7) is 5.81. The number of hydrogen-bond donors (Lipinski definition) is 1. The third kappa shape index (κ3) is 3.15. The molecule has 0 saturated carbocycles. The molecule has 0 unspecified atom stereocenters. The van der Waals surface area contributed by atoms with Gasteiger partial charge in [-0.1, -0.05) is 29.8 Å². The zero-order valence-corrected chi connectivity index (χ0v) is 15.4. The van der Waals surface area contributed by atoms with Crippen LogP contribution in [0.5, 0.6) is 0 Å². The molecule has 2 amide bonds. The van der Waals surface area contributed by atoms with Crippen LogP contribution in [0.2, 0.25) is 0 Å². The van der Waals surface area contributed by atoms with E-state index in [2.05, 4.69) is 5.32 Å². The van der Waals surface area contributed by atoms with E-state index < -0.39 is 17.6 Å². The Hall–Kier alpha value is -2.86. The minimum Gasteiger partial charge on any atom is -0.298 e. The number of carbonyl (C=O) groups excluding carboxylic acids is 2. The van der Waals surface area contributed by atoms with Crippen LogP contribution in [0, 0.1) is 26.6 Å². The van der Waals surface area contributed by atoms with Crippen molar-refractivity contribution >= 4 is 40.9 Å². The Morgan fingerprint density at radius 3 is 2.31 bits per heavy atom. The number of thiocarbonyl (C=S) groups is 1. The number of hydrogen-bond acceptors (Lipinski definition) is 3. The molecule has 0 aromatic heterocycles. The Labute approximate surface area is 156 Å². The summed E-state index contributed by atoms with van der Waals surface area (Å²) in [6, 6.07) is 9.75. The van der Waals surface area contributed by atoms with E-state index in [0.717, 1.165) is 27.2 Å². The van der Waals surface area contributed by atoms with Crippen molar-refractivity contribution in [3.05, 3.63) is 70.0 Å². The highest BCUT2D eigenvalue weighted by Crippen LogP contribution is 2.26. The largest absolute Gasteiger partial charge is 0.298 e. The molecule has 0 atom stereocenters. The molecule has 1 fully saturated rings. The van der Waals surface area contributed by atoms with Crippen molar-refractivity contribution in [2.75, 3.05) is 4.90 Å². The standard InChI is InChI=1S/C20H17FN2O2S/c1-11-8-12(2)14(13(3)9-11)10-15-18(24)22-20(26)23(19(15)25)17-7-5-4-6-16(17)21/h4-10H,1-3H3,(H,22,24,26)/b15-10+. The quantitative estimate of drug-likeness (QED) is 0.501. The minimum absolute atomic E-state index is 0.00532. The third-order valence-electron chi connectivity index (χ3n) is 4.22. The van der Waals surface area contributed by atoms with Crippen molar-refractivity contribution in [3.8, 4) is 0 Å². The highest BCUT2D eigenvalue weighted by Gasteiger charge is 2.35. The highest BCUT2D eigenvalue weighted by atomic mass is 32.1. The summed E-state index contributed by atoms with van der Waals surface area (Å²) in [5, 5.41) is 2.33. The highest BCUT2D eigenvalue weighted by molar-refractivity contribution is 7.80. The van der Waals surface area contributed by atoms with Gasteiger partial charge in [0.2, 0.25) is 0 Å². The first-order valence-corrected chi connectivity index (χ1v) is 8.44. The first-order chi connectivity index (χ1) is 12.3. The number of carbonyl (C=O) groups is 2. The van der Waals surface area contributed by atoms with Gasteiger partial charge in [0.25, 0.3) is 11.8 Å². The molecule has 4 nitrogen and oxygen atoms in total. The fraction of sp³-hybridized carbons (Fsp3) is 0.150. The number of nitrogens with one attached hydrogen (secondary N) is 1. The van der Waals surface area contributed by atoms with Gasteiger partial charge in [0.05, 0.1) is 5.69 Å². The Morgan fingerprint density at radius 2 is 1.69 bits per heavy atom. The molecule has 0 radical (unpaired) electrons. The number of amides is 2. The average molecular weight is 368 g/mol. The van der Waals surface area contributed by atoms with Crippen LogP contribution in [0.4, 0.5) is 10.1 Å². The number of para-hydroxylation sites is 1. The van der Waals surface area contributed by atoms with Gasteiger partial charge in [-0.25, -0.2) is 9.29 Å². The van der Waals surface area contributed by atoms with Crippen molar-refractivity contribution < 1.29 is 14.0 Å². The topological polar surface area (TPSA) is 49.4 Å². The lowest BCUT2D eigenvalue weighted by atomic mass is 9.97. The molecular weight excluding hydrogens is 351 g/mol. The van der Waals surface area contributed by atoms with Gasteiger partial charge in [-0.15, -0.1) is 0 Å². The summed E-state index contributed by atoms with van der Waals surface area (Å²) in [5.74, 6) is -1.84. The fourth-order valence-electron chi connectivity index (χ4n) is 3.07. The number of anilines is 1. The molecule has 0 bridgehead atoms. The second kappa shape index (κ2) is 6.80. The Kier molecular flexibility index (Phi) is 4.70. The van der Waals surface area contributed by atoms with Crippen LogP contribution >= 0.6 is 12.2 Å².